The number of aromatic carboxylic acids is 1. The van der Waals surface area contributed by atoms with Crippen LogP contribution in [-0.4, -0.2) is 34.1 Å². The summed E-state index contributed by atoms with van der Waals surface area (Å²) in [5, 5.41) is 32.2. The number of hydrogen-bond acceptors (Lipinski definition) is 5. The molecule has 0 saturated heterocycles. The Hall–Kier alpha value is -3.34. The first kappa shape index (κ1) is 20.7. The van der Waals surface area contributed by atoms with Crippen molar-refractivity contribution in [2.45, 2.75) is 32.9 Å². The second-order valence-corrected chi connectivity index (χ2v) is 6.05. The van der Waals surface area contributed by atoms with Crippen LogP contribution in [0.5, 0.6) is 0 Å². The maximum Gasteiger partial charge on any atom is 0.335 e. The summed E-state index contributed by atoms with van der Waals surface area (Å²) in [4.78, 5) is 34.0. The second-order valence-electron chi connectivity index (χ2n) is 6.05. The molecule has 0 radical (unpaired) electrons. The number of nitrogens with one attached hydrogen (secondary N) is 2. The van der Waals surface area contributed by atoms with Crippen molar-refractivity contribution in [2.24, 2.45) is 5.92 Å². The minimum absolute atomic E-state index is 0.0674. The first-order valence-electron chi connectivity index (χ1n) is 7.94. The third kappa shape index (κ3) is 6.65. The molecule has 4 N–H and O–H groups in total. The van der Waals surface area contributed by atoms with E-state index in [1.807, 2.05) is 13.8 Å². The van der Waals surface area contributed by atoms with Gasteiger partial charge >= 0.3 is 11.9 Å². The first-order valence-corrected chi connectivity index (χ1v) is 7.94. The molecular formula is C18H21N3O5. The van der Waals surface area contributed by atoms with Crippen molar-refractivity contribution in [1.82, 2.24) is 10.6 Å². The molecule has 26 heavy (non-hydrogen) atoms. The molecule has 1 rings (SSSR count). The Morgan fingerprint density at radius 1 is 1.19 bits per heavy atom. The fourth-order valence-electron chi connectivity index (χ4n) is 2.11. The van der Waals surface area contributed by atoms with E-state index in [0.29, 0.717) is 0 Å². The maximum absolute atomic E-state index is 12.1. The Labute approximate surface area is 151 Å². The quantitative estimate of drug-likeness (QED) is 0.387. The van der Waals surface area contributed by atoms with Crippen molar-refractivity contribution in [3.8, 4) is 6.07 Å². The Balaban J connectivity index is 2.68. The predicted molar refractivity (Wildman–Crippen MR) is 93.0 cm³/mol. The van der Waals surface area contributed by atoms with Crippen molar-refractivity contribution in [2.75, 3.05) is 0 Å². The molecule has 0 heterocycles. The Bertz CT molecular complexity index is 732. The molecule has 0 bridgehead atoms. The lowest BCUT2D eigenvalue weighted by Crippen LogP contribution is -2.42. The van der Waals surface area contributed by atoms with Gasteiger partial charge in [0.2, 0.25) is 0 Å². The Morgan fingerprint density at radius 2 is 1.81 bits per heavy atom. The van der Waals surface area contributed by atoms with Crippen LogP contribution >= 0.6 is 0 Å². The summed E-state index contributed by atoms with van der Waals surface area (Å²) in [6.45, 7) is 3.94. The summed E-state index contributed by atoms with van der Waals surface area (Å²) < 4.78 is 0. The molecule has 0 aliphatic rings. The van der Waals surface area contributed by atoms with E-state index in [4.69, 9.17) is 15.5 Å². The van der Waals surface area contributed by atoms with E-state index in [2.05, 4.69) is 10.6 Å². The van der Waals surface area contributed by atoms with E-state index < -0.39 is 23.9 Å². The number of nitriles is 1. The van der Waals surface area contributed by atoms with Crippen molar-refractivity contribution in [1.29, 1.82) is 5.26 Å². The highest BCUT2D eigenvalue weighted by Gasteiger charge is 2.22. The predicted octanol–water partition coefficient (Wildman–Crippen LogP) is 1.50. The second kappa shape index (κ2) is 9.84. The summed E-state index contributed by atoms with van der Waals surface area (Å²) in [7, 11) is 0. The van der Waals surface area contributed by atoms with Crippen LogP contribution in [0.1, 0.15) is 36.2 Å². The topological polar surface area (TPSA) is 140 Å². The van der Waals surface area contributed by atoms with Gasteiger partial charge in [0.1, 0.15) is 17.7 Å². The number of carbonyl (C=O) groups excluding carboxylic acids is 1. The highest BCUT2D eigenvalue weighted by atomic mass is 16.4. The standard InChI is InChI=1S/C18H21N3O5/c1-11(2)7-15(18(25)26)21-16(22)14(8-19)10-20-9-12-3-5-13(6-4-12)17(23)24/h3-6,10-11,15,20H,7,9H2,1-2H3,(H,21,22)(H,23,24)(H,25,26)/b14-10-. The molecule has 8 heteroatoms. The number of hydrogen-bond donors (Lipinski definition) is 4. The lowest BCUT2D eigenvalue weighted by Gasteiger charge is -2.16. The average Bonchev–Trinajstić information content (AvgIpc) is 2.57. The van der Waals surface area contributed by atoms with Crippen LogP contribution in [0.2, 0.25) is 0 Å². The van der Waals surface area contributed by atoms with Crippen molar-refractivity contribution in [3.63, 3.8) is 0 Å². The van der Waals surface area contributed by atoms with E-state index in [-0.39, 0.29) is 30.0 Å². The van der Waals surface area contributed by atoms with Crippen LogP contribution in [0.25, 0.3) is 0 Å². The van der Waals surface area contributed by atoms with Crippen LogP contribution in [0.4, 0.5) is 0 Å². The van der Waals surface area contributed by atoms with Crippen molar-refractivity contribution >= 4 is 17.8 Å². The number of aliphatic carboxylic acids is 1. The molecule has 0 aliphatic heterocycles. The molecule has 138 valence electrons. The molecule has 0 fully saturated rings. The van der Waals surface area contributed by atoms with Gasteiger partial charge in [-0.25, -0.2) is 9.59 Å². The monoisotopic (exact) mass is 359 g/mol. The average molecular weight is 359 g/mol. The minimum Gasteiger partial charge on any atom is -0.480 e. The number of carboxylic acid groups (broad SMARTS) is 2. The van der Waals surface area contributed by atoms with Crippen LogP contribution in [0, 0.1) is 17.2 Å². The summed E-state index contributed by atoms with van der Waals surface area (Å²) in [6, 6.07) is 6.78. The fourth-order valence-corrected chi connectivity index (χ4v) is 2.11. The Kier molecular flexibility index (Phi) is 7.83. The smallest absolute Gasteiger partial charge is 0.335 e. The molecule has 1 unspecified atom stereocenters. The molecular weight excluding hydrogens is 338 g/mol. The third-order valence-electron chi connectivity index (χ3n) is 3.43. The van der Waals surface area contributed by atoms with Gasteiger partial charge in [0, 0.05) is 12.7 Å². The van der Waals surface area contributed by atoms with Gasteiger partial charge < -0.3 is 20.8 Å². The van der Waals surface area contributed by atoms with Gasteiger partial charge in [-0.3, -0.25) is 4.79 Å². The molecule has 0 aromatic heterocycles. The molecule has 8 nitrogen and oxygen atoms in total. The SMILES string of the molecule is CC(C)CC(NC(=O)/C(C#N)=C\NCc1ccc(C(=O)O)cc1)C(=O)O. The normalized spacial score (nSPS) is 12.2. The maximum atomic E-state index is 12.1. The van der Waals surface area contributed by atoms with Crippen LogP contribution in [0.15, 0.2) is 36.0 Å². The number of carbonyl (C=O) groups is 3. The van der Waals surface area contributed by atoms with Gasteiger partial charge in [-0.05, 0) is 30.0 Å². The van der Waals surface area contributed by atoms with Gasteiger partial charge in [0.25, 0.3) is 5.91 Å². The molecule has 1 atom stereocenters. The first-order chi connectivity index (χ1) is 12.2. The number of rotatable bonds is 9. The van der Waals surface area contributed by atoms with Crippen LogP contribution < -0.4 is 10.6 Å². The highest BCUT2D eigenvalue weighted by molar-refractivity contribution is 5.99. The molecule has 0 aliphatic carbocycles. The van der Waals surface area contributed by atoms with Gasteiger partial charge in [-0.15, -0.1) is 0 Å². The summed E-state index contributed by atoms with van der Waals surface area (Å²) >= 11 is 0. The van der Waals surface area contributed by atoms with E-state index in [1.165, 1.54) is 18.3 Å². The van der Waals surface area contributed by atoms with Gasteiger partial charge in [0.05, 0.1) is 5.56 Å². The van der Waals surface area contributed by atoms with E-state index in [9.17, 15) is 14.4 Å². The zero-order valence-electron chi connectivity index (χ0n) is 14.5. The number of benzene rings is 1. The van der Waals surface area contributed by atoms with E-state index >= 15 is 0 Å². The molecule has 1 amide bonds. The van der Waals surface area contributed by atoms with Gasteiger partial charge in [0.15, 0.2) is 0 Å². The zero-order chi connectivity index (χ0) is 19.7. The largest absolute Gasteiger partial charge is 0.480 e. The minimum atomic E-state index is -1.16. The lowest BCUT2D eigenvalue weighted by atomic mass is 10.0. The number of carboxylic acids is 2. The van der Waals surface area contributed by atoms with Crippen LogP contribution in [0.3, 0.4) is 0 Å². The van der Waals surface area contributed by atoms with Gasteiger partial charge in [-0.1, -0.05) is 26.0 Å². The number of nitrogens with zero attached hydrogens (tertiary/aromatic N) is 1. The third-order valence-corrected chi connectivity index (χ3v) is 3.43. The summed E-state index contributed by atoms with van der Waals surface area (Å²) in [5.41, 5.74) is 0.667. The van der Waals surface area contributed by atoms with Crippen molar-refractivity contribution in [3.05, 3.63) is 47.2 Å². The lowest BCUT2D eigenvalue weighted by molar-refractivity contribution is -0.141. The molecule has 0 spiro atoms. The zero-order valence-corrected chi connectivity index (χ0v) is 14.5. The van der Waals surface area contributed by atoms with Crippen molar-refractivity contribution < 1.29 is 24.6 Å². The summed E-state index contributed by atoms with van der Waals surface area (Å²) in [6.07, 6.45) is 1.46. The fraction of sp³-hybridized carbons (Fsp3) is 0.333. The number of amides is 1. The summed E-state index contributed by atoms with van der Waals surface area (Å²) in [5.74, 6) is -2.88. The van der Waals surface area contributed by atoms with Gasteiger partial charge in [-0.2, -0.15) is 5.26 Å². The highest BCUT2D eigenvalue weighted by Crippen LogP contribution is 2.07. The van der Waals surface area contributed by atoms with E-state index in [0.717, 1.165) is 5.56 Å². The van der Waals surface area contributed by atoms with Crippen LogP contribution in [-0.2, 0) is 16.1 Å². The molecule has 0 saturated carbocycles. The Morgan fingerprint density at radius 3 is 2.27 bits per heavy atom. The molecule has 1 aromatic carbocycles. The molecule has 1 aromatic rings. The van der Waals surface area contributed by atoms with E-state index in [1.54, 1.807) is 18.2 Å².